The summed E-state index contributed by atoms with van der Waals surface area (Å²) in [5.41, 5.74) is 3.74. The molecular formula is C28H26Cl2N4OS. The highest BCUT2D eigenvalue weighted by atomic mass is 35.5. The molecule has 1 aromatic heterocycles. The lowest BCUT2D eigenvalue weighted by atomic mass is 10.2. The molecule has 1 fully saturated rings. The number of benzene rings is 3. The van der Waals surface area contributed by atoms with Crippen LogP contribution in [0.15, 0.2) is 83.9 Å². The van der Waals surface area contributed by atoms with E-state index in [2.05, 4.69) is 32.8 Å². The van der Waals surface area contributed by atoms with Crippen LogP contribution in [-0.2, 0) is 6.54 Å². The Bertz CT molecular complexity index is 1360. The number of fused-ring (bicyclic) bond motifs is 1. The molecule has 2 heterocycles. The van der Waals surface area contributed by atoms with E-state index in [1.54, 1.807) is 0 Å². The molecule has 8 heteroatoms. The summed E-state index contributed by atoms with van der Waals surface area (Å²) in [6.07, 6.45) is 2.74. The highest BCUT2D eigenvalue weighted by Gasteiger charge is 2.20. The molecule has 5 rings (SSSR count). The van der Waals surface area contributed by atoms with E-state index in [1.165, 1.54) is 11.9 Å². The van der Waals surface area contributed by atoms with Gasteiger partial charge in [-0.1, -0.05) is 47.5 Å². The van der Waals surface area contributed by atoms with Crippen LogP contribution in [0.4, 0.5) is 5.69 Å². The van der Waals surface area contributed by atoms with Gasteiger partial charge in [-0.05, 0) is 72.5 Å². The predicted molar refractivity (Wildman–Crippen MR) is 150 cm³/mol. The van der Waals surface area contributed by atoms with Crippen molar-refractivity contribution in [3.63, 3.8) is 0 Å². The van der Waals surface area contributed by atoms with E-state index in [9.17, 15) is 4.79 Å². The summed E-state index contributed by atoms with van der Waals surface area (Å²) in [6.45, 7) is 4.00. The van der Waals surface area contributed by atoms with Crippen LogP contribution in [0.25, 0.3) is 10.9 Å². The third-order valence-corrected chi connectivity index (χ3v) is 7.90. The fourth-order valence-corrected chi connectivity index (χ4v) is 5.46. The molecule has 0 radical (unpaired) electrons. The summed E-state index contributed by atoms with van der Waals surface area (Å²) >= 11 is 13.7. The Hall–Kier alpha value is -2.77. The Kier molecular flexibility index (Phi) is 7.97. The van der Waals surface area contributed by atoms with Crippen molar-refractivity contribution < 1.29 is 4.79 Å². The third kappa shape index (κ3) is 5.95. The lowest BCUT2D eigenvalue weighted by Gasteiger charge is -2.22. The fourth-order valence-electron chi connectivity index (χ4n) is 4.36. The molecule has 0 saturated carbocycles. The van der Waals surface area contributed by atoms with Crippen molar-refractivity contribution in [2.45, 2.75) is 17.9 Å². The monoisotopic (exact) mass is 536 g/mol. The molecule has 0 spiro atoms. The molecule has 1 aliphatic heterocycles. The van der Waals surface area contributed by atoms with Crippen molar-refractivity contribution in [3.05, 3.63) is 100 Å². The Balaban J connectivity index is 1.17. The van der Waals surface area contributed by atoms with Gasteiger partial charge in [0.1, 0.15) is 0 Å². The molecule has 5 nitrogen and oxygen atoms in total. The third-order valence-electron chi connectivity index (χ3n) is 6.27. The van der Waals surface area contributed by atoms with Crippen LogP contribution in [0, 0.1) is 0 Å². The topological polar surface area (TPSA) is 48.5 Å². The number of halogens is 2. The van der Waals surface area contributed by atoms with E-state index >= 15 is 0 Å². The number of nitrogens with zero attached hydrogens (tertiary/aromatic N) is 3. The average Bonchev–Trinajstić information content (AvgIpc) is 3.15. The van der Waals surface area contributed by atoms with Crippen molar-refractivity contribution in [3.8, 4) is 0 Å². The van der Waals surface area contributed by atoms with Gasteiger partial charge in [0.2, 0.25) is 0 Å². The van der Waals surface area contributed by atoms with Gasteiger partial charge in [-0.25, -0.2) is 0 Å². The number of rotatable bonds is 6. The smallest absolute Gasteiger partial charge is 0.253 e. The fraction of sp³-hybridized carbons (Fsp3) is 0.214. The number of hydrogen-bond acceptors (Lipinski definition) is 5. The second kappa shape index (κ2) is 11.5. The van der Waals surface area contributed by atoms with E-state index in [1.807, 2.05) is 65.7 Å². The minimum Gasteiger partial charge on any atom is -0.337 e. The van der Waals surface area contributed by atoms with Crippen molar-refractivity contribution in [1.82, 2.24) is 14.8 Å². The van der Waals surface area contributed by atoms with Crippen LogP contribution >= 0.6 is 35.1 Å². The van der Waals surface area contributed by atoms with Gasteiger partial charge in [0, 0.05) is 55.6 Å². The molecule has 0 aliphatic carbocycles. The summed E-state index contributed by atoms with van der Waals surface area (Å²) in [4.78, 5) is 23.0. The molecular weight excluding hydrogens is 511 g/mol. The van der Waals surface area contributed by atoms with E-state index in [-0.39, 0.29) is 5.91 Å². The zero-order valence-corrected chi connectivity index (χ0v) is 22.0. The molecule has 1 aliphatic rings. The van der Waals surface area contributed by atoms with E-state index in [0.717, 1.165) is 59.6 Å². The number of carbonyl (C=O) groups excluding carboxylic acids is 1. The minimum absolute atomic E-state index is 0.0730. The first-order valence-electron chi connectivity index (χ1n) is 11.9. The number of nitrogens with one attached hydrogen (secondary N) is 1. The maximum atomic E-state index is 13.2. The zero-order valence-electron chi connectivity index (χ0n) is 19.7. The maximum absolute atomic E-state index is 13.2. The standard InChI is InChI=1S/C28H26Cl2N4OS/c29-24-12-7-20(18-25(24)30)19-33-14-3-15-34(17-16-33)28(35)22-8-10-23(11-9-22)32-36-26-6-1-4-21-5-2-13-31-27(21)26/h1-2,4-13,18,32H,3,14-17,19H2. The predicted octanol–water partition coefficient (Wildman–Crippen LogP) is 7.01. The normalized spacial score (nSPS) is 14.6. The number of aromatic nitrogens is 1. The second-order valence-corrected chi connectivity index (χ2v) is 10.4. The van der Waals surface area contributed by atoms with Crippen molar-refractivity contribution in [2.24, 2.45) is 0 Å². The Morgan fingerprint density at radius 3 is 2.58 bits per heavy atom. The Morgan fingerprint density at radius 1 is 0.917 bits per heavy atom. The largest absolute Gasteiger partial charge is 0.337 e. The van der Waals surface area contributed by atoms with E-state index < -0.39 is 0 Å². The van der Waals surface area contributed by atoms with Gasteiger partial charge in [0.05, 0.1) is 20.5 Å². The first kappa shape index (κ1) is 24.9. The number of amides is 1. The van der Waals surface area contributed by atoms with Gasteiger partial charge in [0.15, 0.2) is 0 Å². The van der Waals surface area contributed by atoms with Gasteiger partial charge >= 0.3 is 0 Å². The first-order valence-corrected chi connectivity index (χ1v) is 13.5. The summed E-state index contributed by atoms with van der Waals surface area (Å²) < 4.78 is 3.37. The van der Waals surface area contributed by atoms with Crippen LogP contribution in [0.1, 0.15) is 22.3 Å². The number of para-hydroxylation sites is 1. The van der Waals surface area contributed by atoms with Gasteiger partial charge in [-0.3, -0.25) is 14.7 Å². The van der Waals surface area contributed by atoms with Gasteiger partial charge in [-0.2, -0.15) is 0 Å². The van der Waals surface area contributed by atoms with Crippen LogP contribution in [0.5, 0.6) is 0 Å². The average molecular weight is 538 g/mol. The highest BCUT2D eigenvalue weighted by molar-refractivity contribution is 8.00. The second-order valence-electron chi connectivity index (χ2n) is 8.78. The zero-order chi connectivity index (χ0) is 24.9. The minimum atomic E-state index is 0.0730. The Labute approximate surface area is 225 Å². The van der Waals surface area contributed by atoms with Crippen molar-refractivity contribution in [2.75, 3.05) is 30.9 Å². The van der Waals surface area contributed by atoms with Crippen LogP contribution < -0.4 is 4.72 Å². The lowest BCUT2D eigenvalue weighted by Crippen LogP contribution is -2.35. The lowest BCUT2D eigenvalue weighted by molar-refractivity contribution is 0.0761. The molecule has 0 unspecified atom stereocenters. The van der Waals surface area contributed by atoms with Crippen molar-refractivity contribution in [1.29, 1.82) is 0 Å². The summed E-state index contributed by atoms with van der Waals surface area (Å²) in [7, 11) is 0. The van der Waals surface area contributed by atoms with Gasteiger partial charge in [0.25, 0.3) is 5.91 Å². The molecule has 1 amide bonds. The molecule has 1 N–H and O–H groups in total. The Morgan fingerprint density at radius 2 is 1.75 bits per heavy atom. The molecule has 3 aromatic carbocycles. The number of carbonyl (C=O) groups is 1. The number of hydrogen-bond donors (Lipinski definition) is 1. The maximum Gasteiger partial charge on any atom is 0.253 e. The van der Waals surface area contributed by atoms with Crippen molar-refractivity contribution >= 4 is 57.6 Å². The van der Waals surface area contributed by atoms with E-state index in [4.69, 9.17) is 23.2 Å². The molecule has 1 saturated heterocycles. The highest BCUT2D eigenvalue weighted by Crippen LogP contribution is 2.28. The van der Waals surface area contributed by atoms with Crippen LogP contribution in [0.3, 0.4) is 0 Å². The van der Waals surface area contributed by atoms with Gasteiger partial charge in [-0.15, -0.1) is 0 Å². The van der Waals surface area contributed by atoms with E-state index in [0.29, 0.717) is 22.2 Å². The quantitative estimate of drug-likeness (QED) is 0.268. The first-order chi connectivity index (χ1) is 17.6. The number of pyridine rings is 1. The molecule has 36 heavy (non-hydrogen) atoms. The molecule has 0 bridgehead atoms. The van der Waals surface area contributed by atoms with Gasteiger partial charge < -0.3 is 9.62 Å². The summed E-state index contributed by atoms with van der Waals surface area (Å²) in [6, 6.07) is 23.6. The number of anilines is 1. The van der Waals surface area contributed by atoms with Crippen LogP contribution in [0.2, 0.25) is 10.0 Å². The van der Waals surface area contributed by atoms with Crippen LogP contribution in [-0.4, -0.2) is 46.9 Å². The summed E-state index contributed by atoms with van der Waals surface area (Å²) in [5.74, 6) is 0.0730. The molecule has 184 valence electrons. The SMILES string of the molecule is O=C(c1ccc(NSc2cccc3cccnc23)cc1)N1CCCN(Cc2ccc(Cl)c(Cl)c2)CC1. The molecule has 0 atom stereocenters. The summed E-state index contributed by atoms with van der Waals surface area (Å²) in [5, 5.41) is 2.25. The molecule has 4 aromatic rings.